The zero-order chi connectivity index (χ0) is 17.0. The van der Waals surface area contributed by atoms with Crippen LogP contribution in [0.25, 0.3) is 0 Å². The smallest absolute Gasteiger partial charge is 0.0644 e. The molecule has 0 fully saturated rings. The van der Waals surface area contributed by atoms with E-state index in [1.165, 1.54) is 16.8 Å². The molecule has 23 heavy (non-hydrogen) atoms. The fourth-order valence-corrected chi connectivity index (χ4v) is 3.31. The highest BCUT2D eigenvalue weighted by atomic mass is 16.3. The molecule has 0 aliphatic carbocycles. The maximum absolute atomic E-state index is 9.82. The minimum Gasteiger partial charge on any atom is -0.393 e. The molecule has 0 bridgehead atoms. The van der Waals surface area contributed by atoms with Crippen LogP contribution in [0, 0.1) is 13.8 Å². The summed E-state index contributed by atoms with van der Waals surface area (Å²) in [6.07, 6.45) is 0.452. The molecule has 1 heterocycles. The average Bonchev–Trinajstić information content (AvgIpc) is 2.76. The van der Waals surface area contributed by atoms with Crippen LogP contribution in [0.3, 0.4) is 0 Å². The number of aliphatic hydroxyl groups excluding tert-OH is 1. The highest BCUT2D eigenvalue weighted by molar-refractivity contribution is 5.28. The van der Waals surface area contributed by atoms with E-state index < -0.39 is 0 Å². The monoisotopic (exact) mass is 315 g/mol. The Hall–Kier alpha value is -1.65. The lowest BCUT2D eigenvalue weighted by molar-refractivity contribution is 0.173. The first-order valence-electron chi connectivity index (χ1n) is 8.36. The predicted octanol–water partition coefficient (Wildman–Crippen LogP) is 3.24. The van der Waals surface area contributed by atoms with Gasteiger partial charge in [-0.1, -0.05) is 30.3 Å². The number of aryl methyl sites for hydroxylation is 2. The van der Waals surface area contributed by atoms with Crippen LogP contribution in [0.5, 0.6) is 0 Å². The summed E-state index contributed by atoms with van der Waals surface area (Å²) in [7, 11) is 1.98. The van der Waals surface area contributed by atoms with Gasteiger partial charge in [0.15, 0.2) is 0 Å². The van der Waals surface area contributed by atoms with E-state index in [0.29, 0.717) is 5.92 Å². The standard InChI is InChI=1S/C19H29N3O/c1-13(23)11-18(17-9-7-6-8-10-17)12-20-14(2)19-15(3)21-22(5)16(19)4/h6-10,13-14,18,20,23H,11-12H2,1-5H3. The highest BCUT2D eigenvalue weighted by Crippen LogP contribution is 2.24. The fraction of sp³-hybridized carbons (Fsp3) is 0.526. The molecule has 0 aliphatic rings. The lowest BCUT2D eigenvalue weighted by atomic mass is 9.93. The molecule has 1 aromatic heterocycles. The van der Waals surface area contributed by atoms with Gasteiger partial charge in [-0.05, 0) is 45.6 Å². The Bertz CT molecular complexity index is 619. The van der Waals surface area contributed by atoms with Crippen molar-refractivity contribution >= 4 is 0 Å². The number of hydrogen-bond donors (Lipinski definition) is 2. The molecule has 3 atom stereocenters. The number of hydrogen-bond acceptors (Lipinski definition) is 3. The Labute approximate surface area is 139 Å². The molecule has 0 radical (unpaired) electrons. The zero-order valence-corrected chi connectivity index (χ0v) is 14.9. The van der Waals surface area contributed by atoms with Crippen LogP contribution in [0.1, 0.15) is 54.7 Å². The van der Waals surface area contributed by atoms with Gasteiger partial charge in [0.25, 0.3) is 0 Å². The summed E-state index contributed by atoms with van der Waals surface area (Å²) in [5, 5.41) is 18.0. The Morgan fingerprint density at radius 2 is 1.83 bits per heavy atom. The van der Waals surface area contributed by atoms with Crippen molar-refractivity contribution in [2.24, 2.45) is 7.05 Å². The molecule has 4 heteroatoms. The summed E-state index contributed by atoms with van der Waals surface area (Å²) in [4.78, 5) is 0. The van der Waals surface area contributed by atoms with Crippen molar-refractivity contribution in [1.29, 1.82) is 0 Å². The lowest BCUT2D eigenvalue weighted by Crippen LogP contribution is -2.27. The quantitative estimate of drug-likeness (QED) is 0.824. The first kappa shape index (κ1) is 17.7. The summed E-state index contributed by atoms with van der Waals surface area (Å²) in [6, 6.07) is 10.7. The molecule has 0 saturated heterocycles. The molecule has 2 rings (SSSR count). The average molecular weight is 315 g/mol. The maximum Gasteiger partial charge on any atom is 0.0644 e. The van der Waals surface area contributed by atoms with Gasteiger partial charge >= 0.3 is 0 Å². The number of benzene rings is 1. The second-order valence-electron chi connectivity index (χ2n) is 6.53. The molecular weight excluding hydrogens is 286 g/mol. The van der Waals surface area contributed by atoms with E-state index in [-0.39, 0.29) is 12.1 Å². The van der Waals surface area contributed by atoms with E-state index in [1.54, 1.807) is 0 Å². The molecule has 2 aromatic rings. The molecule has 0 aliphatic heterocycles. The van der Waals surface area contributed by atoms with Crippen LogP contribution < -0.4 is 5.32 Å². The SMILES string of the molecule is Cc1nn(C)c(C)c1C(C)NCC(CC(C)O)c1ccccc1. The van der Waals surface area contributed by atoms with E-state index in [0.717, 1.165) is 18.7 Å². The topological polar surface area (TPSA) is 50.1 Å². The Morgan fingerprint density at radius 1 is 1.17 bits per heavy atom. The van der Waals surface area contributed by atoms with Crippen LogP contribution in [-0.4, -0.2) is 27.5 Å². The first-order chi connectivity index (χ1) is 10.9. The van der Waals surface area contributed by atoms with Gasteiger partial charge in [0.2, 0.25) is 0 Å². The molecule has 0 saturated carbocycles. The number of nitrogens with zero attached hydrogens (tertiary/aromatic N) is 2. The minimum atomic E-state index is -0.306. The molecule has 4 nitrogen and oxygen atoms in total. The van der Waals surface area contributed by atoms with Crippen molar-refractivity contribution in [2.75, 3.05) is 6.54 Å². The van der Waals surface area contributed by atoms with Gasteiger partial charge in [0.05, 0.1) is 11.8 Å². The van der Waals surface area contributed by atoms with Crippen molar-refractivity contribution < 1.29 is 5.11 Å². The Balaban J connectivity index is 2.09. The second kappa shape index (κ2) is 7.75. The van der Waals surface area contributed by atoms with E-state index in [9.17, 15) is 5.11 Å². The second-order valence-corrected chi connectivity index (χ2v) is 6.53. The molecule has 126 valence electrons. The highest BCUT2D eigenvalue weighted by Gasteiger charge is 2.19. The van der Waals surface area contributed by atoms with Gasteiger partial charge in [-0.2, -0.15) is 5.10 Å². The summed E-state index contributed by atoms with van der Waals surface area (Å²) >= 11 is 0. The van der Waals surface area contributed by atoms with Crippen molar-refractivity contribution in [2.45, 2.75) is 52.2 Å². The molecule has 0 spiro atoms. The number of aromatic nitrogens is 2. The van der Waals surface area contributed by atoms with Crippen molar-refractivity contribution in [3.8, 4) is 0 Å². The molecule has 1 aromatic carbocycles. The third-order valence-electron chi connectivity index (χ3n) is 4.57. The number of rotatable bonds is 7. The minimum absolute atomic E-state index is 0.240. The van der Waals surface area contributed by atoms with Gasteiger partial charge in [-0.15, -0.1) is 0 Å². The fourth-order valence-electron chi connectivity index (χ4n) is 3.31. The van der Waals surface area contributed by atoms with Crippen LogP contribution >= 0.6 is 0 Å². The largest absolute Gasteiger partial charge is 0.393 e. The first-order valence-corrected chi connectivity index (χ1v) is 8.36. The number of aliphatic hydroxyl groups is 1. The zero-order valence-electron chi connectivity index (χ0n) is 14.9. The Morgan fingerprint density at radius 3 is 2.35 bits per heavy atom. The summed E-state index contributed by atoms with van der Waals surface area (Å²) in [6.45, 7) is 9.04. The normalized spacial score (nSPS) is 15.4. The third-order valence-corrected chi connectivity index (χ3v) is 4.57. The molecule has 3 unspecified atom stereocenters. The van der Waals surface area contributed by atoms with E-state index >= 15 is 0 Å². The van der Waals surface area contributed by atoms with Crippen LogP contribution in [0.4, 0.5) is 0 Å². The van der Waals surface area contributed by atoms with Gasteiger partial charge in [-0.25, -0.2) is 0 Å². The summed E-state index contributed by atoms with van der Waals surface area (Å²) in [5.74, 6) is 0.302. The summed E-state index contributed by atoms with van der Waals surface area (Å²) in [5.41, 5.74) is 4.83. The molecule has 2 N–H and O–H groups in total. The Kier molecular flexibility index (Phi) is 5.97. The van der Waals surface area contributed by atoms with Crippen molar-refractivity contribution in [1.82, 2.24) is 15.1 Å². The van der Waals surface area contributed by atoms with E-state index in [1.807, 2.05) is 24.7 Å². The van der Waals surface area contributed by atoms with E-state index in [2.05, 4.69) is 55.5 Å². The van der Waals surface area contributed by atoms with E-state index in [4.69, 9.17) is 0 Å². The van der Waals surface area contributed by atoms with Crippen LogP contribution in [0.2, 0.25) is 0 Å². The van der Waals surface area contributed by atoms with Gasteiger partial charge < -0.3 is 10.4 Å². The number of nitrogens with one attached hydrogen (secondary N) is 1. The van der Waals surface area contributed by atoms with Crippen LogP contribution in [-0.2, 0) is 7.05 Å². The van der Waals surface area contributed by atoms with Gasteiger partial charge in [0.1, 0.15) is 0 Å². The van der Waals surface area contributed by atoms with Crippen molar-refractivity contribution in [3.63, 3.8) is 0 Å². The molecular formula is C19H29N3O. The van der Waals surface area contributed by atoms with Gasteiger partial charge in [0, 0.05) is 30.9 Å². The molecule has 0 amide bonds. The third kappa shape index (κ3) is 4.43. The van der Waals surface area contributed by atoms with Crippen molar-refractivity contribution in [3.05, 3.63) is 52.8 Å². The predicted molar refractivity (Wildman–Crippen MR) is 94.6 cm³/mol. The summed E-state index contributed by atoms with van der Waals surface area (Å²) < 4.78 is 1.94. The van der Waals surface area contributed by atoms with Crippen LogP contribution in [0.15, 0.2) is 30.3 Å². The van der Waals surface area contributed by atoms with Gasteiger partial charge in [-0.3, -0.25) is 4.68 Å². The maximum atomic E-state index is 9.82. The lowest BCUT2D eigenvalue weighted by Gasteiger charge is -2.23.